The van der Waals surface area contributed by atoms with Crippen LogP contribution in [0.25, 0.3) is 0 Å². The Morgan fingerprint density at radius 1 is 1.26 bits per heavy atom. The number of halogens is 1. The third-order valence-corrected chi connectivity index (χ3v) is 9.49. The van der Waals surface area contributed by atoms with E-state index in [1.807, 2.05) is 17.0 Å². The Morgan fingerprint density at radius 3 is 2.55 bits per heavy atom. The van der Waals surface area contributed by atoms with Gasteiger partial charge in [-0.2, -0.15) is 0 Å². The number of carbonyl (C=O) groups excluding carboxylic acids is 1. The standard InChI is InChI=1S/C15H14ClNO2S.C10H16O/c16-12-4-2-1-3-11(12)14(15(18)19)17-7-5-13-10(9-17)6-8-20-13;1-9(2)7-4-5-10(9,3)8(11)6-7/h1-4,6,8,14H,5,7,9H2,(H,18,19);7H,4-6H2,1-3H3. The Balaban J connectivity index is 0.000000177. The molecule has 6 heteroatoms. The van der Waals surface area contributed by atoms with E-state index in [-0.39, 0.29) is 10.8 Å². The average molecular weight is 460 g/mol. The van der Waals surface area contributed by atoms with Crippen molar-refractivity contribution in [1.29, 1.82) is 0 Å². The van der Waals surface area contributed by atoms with E-state index in [0.717, 1.165) is 25.8 Å². The fourth-order valence-corrected chi connectivity index (χ4v) is 6.70. The first-order chi connectivity index (χ1) is 14.6. The Labute approximate surface area is 193 Å². The van der Waals surface area contributed by atoms with Gasteiger partial charge in [-0.05, 0) is 59.2 Å². The van der Waals surface area contributed by atoms with E-state index < -0.39 is 12.0 Å². The number of rotatable bonds is 3. The lowest BCUT2D eigenvalue weighted by Crippen LogP contribution is -2.37. The predicted molar refractivity (Wildman–Crippen MR) is 124 cm³/mol. The molecule has 5 rings (SSSR count). The van der Waals surface area contributed by atoms with Gasteiger partial charge in [0, 0.05) is 34.8 Å². The lowest BCUT2D eigenvalue weighted by molar-refractivity contribution is -0.144. The fourth-order valence-electron chi connectivity index (χ4n) is 5.57. The second kappa shape index (κ2) is 8.34. The molecule has 1 N–H and O–H groups in total. The minimum Gasteiger partial charge on any atom is -0.480 e. The largest absolute Gasteiger partial charge is 0.480 e. The molecule has 0 amide bonds. The molecule has 2 aromatic rings. The quantitative estimate of drug-likeness (QED) is 0.612. The Kier molecular flexibility index (Phi) is 6.06. The van der Waals surface area contributed by atoms with Crippen LogP contribution in [0.5, 0.6) is 0 Å². The zero-order valence-corrected chi connectivity index (χ0v) is 19.9. The van der Waals surface area contributed by atoms with Crippen LogP contribution >= 0.6 is 22.9 Å². The summed E-state index contributed by atoms with van der Waals surface area (Å²) < 4.78 is 0. The zero-order valence-electron chi connectivity index (χ0n) is 18.4. The van der Waals surface area contributed by atoms with Gasteiger partial charge in [-0.1, -0.05) is 50.6 Å². The second-order valence-corrected chi connectivity index (χ2v) is 11.2. The van der Waals surface area contributed by atoms with Crippen LogP contribution < -0.4 is 0 Å². The molecule has 0 radical (unpaired) electrons. The third kappa shape index (κ3) is 3.85. The number of carboxylic acids is 1. The smallest absolute Gasteiger partial charge is 0.325 e. The monoisotopic (exact) mass is 459 g/mol. The van der Waals surface area contributed by atoms with Crippen molar-refractivity contribution < 1.29 is 14.7 Å². The van der Waals surface area contributed by atoms with E-state index in [2.05, 4.69) is 32.2 Å². The highest BCUT2D eigenvalue weighted by atomic mass is 35.5. The van der Waals surface area contributed by atoms with Crippen LogP contribution in [-0.2, 0) is 22.6 Å². The second-order valence-electron chi connectivity index (χ2n) is 9.77. The summed E-state index contributed by atoms with van der Waals surface area (Å²) in [7, 11) is 0. The first kappa shape index (κ1) is 22.5. The topological polar surface area (TPSA) is 57.6 Å². The molecule has 2 saturated carbocycles. The summed E-state index contributed by atoms with van der Waals surface area (Å²) in [4.78, 5) is 26.6. The van der Waals surface area contributed by atoms with E-state index in [9.17, 15) is 14.7 Å². The third-order valence-electron chi connectivity index (χ3n) is 8.12. The number of hydrogen-bond donors (Lipinski definition) is 1. The van der Waals surface area contributed by atoms with Gasteiger partial charge in [-0.3, -0.25) is 14.5 Å². The van der Waals surface area contributed by atoms with Crippen LogP contribution in [-0.4, -0.2) is 28.3 Å². The van der Waals surface area contributed by atoms with Crippen LogP contribution in [0, 0.1) is 16.7 Å². The number of aliphatic carboxylic acids is 1. The minimum absolute atomic E-state index is 0.0255. The number of nitrogens with zero attached hydrogens (tertiary/aromatic N) is 1. The van der Waals surface area contributed by atoms with E-state index in [0.29, 0.717) is 28.8 Å². The van der Waals surface area contributed by atoms with Crippen molar-refractivity contribution in [3.05, 3.63) is 56.7 Å². The maximum atomic E-state index is 11.7. The fraction of sp³-hybridized carbons (Fsp3) is 0.520. The molecule has 2 fully saturated rings. The highest BCUT2D eigenvalue weighted by Gasteiger charge is 2.61. The van der Waals surface area contributed by atoms with Crippen molar-refractivity contribution in [2.75, 3.05) is 6.54 Å². The maximum absolute atomic E-state index is 11.7. The molecule has 0 spiro atoms. The summed E-state index contributed by atoms with van der Waals surface area (Å²) in [6.07, 6.45) is 4.16. The lowest BCUT2D eigenvalue weighted by Gasteiger charge is -2.32. The van der Waals surface area contributed by atoms with E-state index in [1.165, 1.54) is 16.9 Å². The van der Waals surface area contributed by atoms with Crippen LogP contribution in [0.15, 0.2) is 35.7 Å². The summed E-state index contributed by atoms with van der Waals surface area (Å²) in [6.45, 7) is 8.09. The highest BCUT2D eigenvalue weighted by molar-refractivity contribution is 7.10. The molecule has 1 aromatic heterocycles. The summed E-state index contributed by atoms with van der Waals surface area (Å²) in [5, 5.41) is 12.2. The molecule has 2 bridgehead atoms. The van der Waals surface area contributed by atoms with Gasteiger partial charge in [-0.15, -0.1) is 11.3 Å². The molecule has 0 saturated heterocycles. The van der Waals surface area contributed by atoms with Crippen LogP contribution in [0.3, 0.4) is 0 Å². The maximum Gasteiger partial charge on any atom is 0.325 e. The summed E-state index contributed by atoms with van der Waals surface area (Å²) in [5.74, 6) is 0.343. The van der Waals surface area contributed by atoms with Crippen molar-refractivity contribution in [2.45, 2.75) is 59.0 Å². The summed E-state index contributed by atoms with van der Waals surface area (Å²) in [6, 6.07) is 8.58. The van der Waals surface area contributed by atoms with Crippen molar-refractivity contribution in [3.8, 4) is 0 Å². The first-order valence-electron chi connectivity index (χ1n) is 10.9. The van der Waals surface area contributed by atoms with Gasteiger partial charge in [0.2, 0.25) is 0 Å². The van der Waals surface area contributed by atoms with Crippen LogP contribution in [0.2, 0.25) is 5.02 Å². The average Bonchev–Trinajstić information content (AvgIpc) is 3.32. The molecular weight excluding hydrogens is 430 g/mol. The van der Waals surface area contributed by atoms with E-state index >= 15 is 0 Å². The molecular formula is C25H30ClNO3S. The molecule has 1 aromatic carbocycles. The molecule has 3 unspecified atom stereocenters. The number of thiophene rings is 1. The van der Waals surface area contributed by atoms with Crippen molar-refractivity contribution in [1.82, 2.24) is 4.90 Å². The molecule has 1 aliphatic heterocycles. The number of carboxylic acid groups (broad SMARTS) is 1. The zero-order chi connectivity index (χ0) is 22.4. The Bertz CT molecular complexity index is 1000. The summed E-state index contributed by atoms with van der Waals surface area (Å²) >= 11 is 7.92. The normalized spacial score (nSPS) is 27.4. The number of carbonyl (C=O) groups is 2. The number of Topliss-reactive ketones (excluding diaryl/α,β-unsaturated/α-hetero) is 1. The van der Waals surface area contributed by atoms with Gasteiger partial charge < -0.3 is 5.11 Å². The minimum atomic E-state index is -0.850. The Morgan fingerprint density at radius 2 is 2.00 bits per heavy atom. The van der Waals surface area contributed by atoms with Gasteiger partial charge >= 0.3 is 5.97 Å². The number of fused-ring (bicyclic) bond motifs is 3. The summed E-state index contributed by atoms with van der Waals surface area (Å²) in [5.41, 5.74) is 2.21. The van der Waals surface area contributed by atoms with Crippen LogP contribution in [0.1, 0.15) is 62.1 Å². The number of hydrogen-bond acceptors (Lipinski definition) is 4. The predicted octanol–water partition coefficient (Wildman–Crippen LogP) is 5.99. The van der Waals surface area contributed by atoms with Gasteiger partial charge in [0.25, 0.3) is 0 Å². The first-order valence-corrected chi connectivity index (χ1v) is 12.2. The highest BCUT2D eigenvalue weighted by Crippen LogP contribution is 2.63. The molecule has 2 aliphatic carbocycles. The molecule has 4 nitrogen and oxygen atoms in total. The van der Waals surface area contributed by atoms with Gasteiger partial charge in [0.05, 0.1) is 0 Å². The van der Waals surface area contributed by atoms with Crippen LogP contribution in [0.4, 0.5) is 0 Å². The number of ketones is 1. The van der Waals surface area contributed by atoms with E-state index in [1.54, 1.807) is 23.5 Å². The van der Waals surface area contributed by atoms with Gasteiger partial charge in [-0.25, -0.2) is 0 Å². The molecule has 31 heavy (non-hydrogen) atoms. The van der Waals surface area contributed by atoms with Crippen molar-refractivity contribution in [3.63, 3.8) is 0 Å². The Hall–Kier alpha value is -1.69. The van der Waals surface area contributed by atoms with Crippen molar-refractivity contribution >= 4 is 34.7 Å². The van der Waals surface area contributed by atoms with Gasteiger partial charge in [0.15, 0.2) is 0 Å². The lowest BCUT2D eigenvalue weighted by atomic mass is 9.70. The molecule has 166 valence electrons. The molecule has 3 aliphatic rings. The molecule has 3 atom stereocenters. The number of benzene rings is 1. The SMILES string of the molecule is CC12CCC(CC1=O)C2(C)C.O=C(O)C(c1ccccc1Cl)N1CCc2sccc2C1. The molecule has 2 heterocycles. The van der Waals surface area contributed by atoms with Crippen molar-refractivity contribution in [2.24, 2.45) is 16.7 Å². The van der Waals surface area contributed by atoms with E-state index in [4.69, 9.17) is 11.6 Å². The van der Waals surface area contributed by atoms with Gasteiger partial charge in [0.1, 0.15) is 11.8 Å².